The summed E-state index contributed by atoms with van der Waals surface area (Å²) in [6.07, 6.45) is 6.59. The van der Waals surface area contributed by atoms with Crippen molar-refractivity contribution in [2.45, 2.75) is 58.4 Å². The van der Waals surface area contributed by atoms with Crippen molar-refractivity contribution in [1.82, 2.24) is 0 Å². The van der Waals surface area contributed by atoms with E-state index in [4.69, 9.17) is 10.8 Å². The van der Waals surface area contributed by atoms with E-state index < -0.39 is 5.97 Å². The molecule has 0 heterocycles. The fourth-order valence-corrected chi connectivity index (χ4v) is 2.88. The van der Waals surface area contributed by atoms with Crippen LogP contribution in [0.4, 0.5) is 0 Å². The van der Waals surface area contributed by atoms with Gasteiger partial charge in [-0.05, 0) is 24.2 Å². The van der Waals surface area contributed by atoms with E-state index in [0.717, 1.165) is 12.3 Å². The molecule has 16 heavy (non-hydrogen) atoms. The molecule has 3 N–H and O–H groups in total. The van der Waals surface area contributed by atoms with Gasteiger partial charge in [-0.25, -0.2) is 0 Å². The summed E-state index contributed by atoms with van der Waals surface area (Å²) in [6.45, 7) is 4.37. The molecule has 0 amide bonds. The SMILES string of the molecule is CC(CC(C)C1CCCC1)C(N)CC(=O)O. The fourth-order valence-electron chi connectivity index (χ4n) is 2.88. The van der Waals surface area contributed by atoms with E-state index in [0.29, 0.717) is 11.8 Å². The van der Waals surface area contributed by atoms with E-state index in [1.807, 2.05) is 0 Å². The molecule has 1 aliphatic carbocycles. The molecule has 3 atom stereocenters. The number of hydrogen-bond donors (Lipinski definition) is 2. The lowest BCUT2D eigenvalue weighted by Gasteiger charge is -2.25. The molecule has 0 aliphatic heterocycles. The van der Waals surface area contributed by atoms with Crippen LogP contribution in [0.1, 0.15) is 52.4 Å². The molecule has 1 fully saturated rings. The quantitative estimate of drug-likeness (QED) is 0.733. The Morgan fingerprint density at radius 1 is 1.38 bits per heavy atom. The highest BCUT2D eigenvalue weighted by Crippen LogP contribution is 2.34. The average molecular weight is 227 g/mol. The highest BCUT2D eigenvalue weighted by molar-refractivity contribution is 5.67. The summed E-state index contributed by atoms with van der Waals surface area (Å²) in [6, 6.07) is -0.193. The Hall–Kier alpha value is -0.570. The largest absolute Gasteiger partial charge is 0.481 e. The van der Waals surface area contributed by atoms with Crippen molar-refractivity contribution >= 4 is 5.97 Å². The number of rotatable bonds is 6. The lowest BCUT2D eigenvalue weighted by molar-refractivity contribution is -0.137. The van der Waals surface area contributed by atoms with Gasteiger partial charge < -0.3 is 10.8 Å². The van der Waals surface area contributed by atoms with Crippen LogP contribution in [-0.4, -0.2) is 17.1 Å². The molecule has 3 unspecified atom stereocenters. The zero-order valence-corrected chi connectivity index (χ0v) is 10.5. The summed E-state index contributed by atoms with van der Waals surface area (Å²) < 4.78 is 0. The smallest absolute Gasteiger partial charge is 0.304 e. The number of carbonyl (C=O) groups is 1. The Labute approximate surface area is 98.4 Å². The first kappa shape index (κ1) is 13.5. The Morgan fingerprint density at radius 3 is 2.44 bits per heavy atom. The van der Waals surface area contributed by atoms with E-state index in [2.05, 4.69) is 13.8 Å². The maximum atomic E-state index is 10.6. The number of nitrogens with two attached hydrogens (primary N) is 1. The maximum absolute atomic E-state index is 10.6. The van der Waals surface area contributed by atoms with Crippen LogP contribution in [0.2, 0.25) is 0 Å². The normalized spacial score (nSPS) is 22.9. The monoisotopic (exact) mass is 227 g/mol. The molecule has 0 aromatic rings. The number of carboxylic acid groups (broad SMARTS) is 1. The Bertz CT molecular complexity index is 224. The standard InChI is InChI=1S/C13H25NO2/c1-9(11-5-3-4-6-11)7-10(2)12(14)8-13(15)16/h9-12H,3-8,14H2,1-2H3,(H,15,16). The van der Waals surface area contributed by atoms with E-state index in [9.17, 15) is 4.79 Å². The third-order valence-electron chi connectivity index (χ3n) is 4.09. The van der Waals surface area contributed by atoms with Crippen LogP contribution in [0, 0.1) is 17.8 Å². The summed E-state index contributed by atoms with van der Waals surface area (Å²) in [4.78, 5) is 10.6. The zero-order valence-electron chi connectivity index (χ0n) is 10.5. The highest BCUT2D eigenvalue weighted by atomic mass is 16.4. The molecule has 0 saturated heterocycles. The van der Waals surface area contributed by atoms with Gasteiger partial charge in [-0.1, -0.05) is 39.5 Å². The van der Waals surface area contributed by atoms with E-state index in [-0.39, 0.29) is 12.5 Å². The van der Waals surface area contributed by atoms with Gasteiger partial charge in [0, 0.05) is 6.04 Å². The number of aliphatic carboxylic acids is 1. The average Bonchev–Trinajstić information content (AvgIpc) is 2.68. The van der Waals surface area contributed by atoms with Crippen molar-refractivity contribution in [3.63, 3.8) is 0 Å². The van der Waals surface area contributed by atoms with Crippen LogP contribution in [-0.2, 0) is 4.79 Å². The molecule has 3 heteroatoms. The summed E-state index contributed by atoms with van der Waals surface area (Å²) in [5.41, 5.74) is 5.88. The Balaban J connectivity index is 2.31. The third kappa shape index (κ3) is 4.12. The molecule has 1 saturated carbocycles. The fraction of sp³-hybridized carbons (Fsp3) is 0.923. The van der Waals surface area contributed by atoms with Crippen molar-refractivity contribution in [3.8, 4) is 0 Å². The first-order chi connectivity index (χ1) is 7.50. The second kappa shape index (κ2) is 6.24. The minimum atomic E-state index is -0.784. The van der Waals surface area contributed by atoms with Gasteiger partial charge in [-0.15, -0.1) is 0 Å². The summed E-state index contributed by atoms with van der Waals surface area (Å²) in [5.74, 6) is 1.07. The summed E-state index contributed by atoms with van der Waals surface area (Å²) >= 11 is 0. The lowest BCUT2D eigenvalue weighted by Crippen LogP contribution is -2.32. The predicted molar refractivity (Wildman–Crippen MR) is 65.1 cm³/mol. The zero-order chi connectivity index (χ0) is 12.1. The molecule has 0 radical (unpaired) electrons. The van der Waals surface area contributed by atoms with E-state index >= 15 is 0 Å². The second-order valence-corrected chi connectivity index (χ2v) is 5.50. The van der Waals surface area contributed by atoms with Crippen molar-refractivity contribution in [3.05, 3.63) is 0 Å². The van der Waals surface area contributed by atoms with Crippen LogP contribution in [0.5, 0.6) is 0 Å². The van der Waals surface area contributed by atoms with Crippen molar-refractivity contribution < 1.29 is 9.90 Å². The summed E-state index contributed by atoms with van der Waals surface area (Å²) in [7, 11) is 0. The van der Waals surface area contributed by atoms with Gasteiger partial charge in [0.05, 0.1) is 6.42 Å². The lowest BCUT2D eigenvalue weighted by atomic mass is 9.82. The van der Waals surface area contributed by atoms with Crippen molar-refractivity contribution in [2.75, 3.05) is 0 Å². The third-order valence-corrected chi connectivity index (χ3v) is 4.09. The van der Waals surface area contributed by atoms with Crippen LogP contribution in [0.3, 0.4) is 0 Å². The van der Waals surface area contributed by atoms with Crippen molar-refractivity contribution in [2.24, 2.45) is 23.5 Å². The minimum absolute atomic E-state index is 0.0958. The van der Waals surface area contributed by atoms with Gasteiger partial charge in [0.25, 0.3) is 0 Å². The van der Waals surface area contributed by atoms with Crippen LogP contribution in [0.25, 0.3) is 0 Å². The van der Waals surface area contributed by atoms with Gasteiger partial charge in [0.1, 0.15) is 0 Å². The Morgan fingerprint density at radius 2 is 1.94 bits per heavy atom. The molecular weight excluding hydrogens is 202 g/mol. The predicted octanol–water partition coefficient (Wildman–Crippen LogP) is 2.64. The molecule has 94 valence electrons. The second-order valence-electron chi connectivity index (χ2n) is 5.50. The molecule has 1 rings (SSSR count). The van der Waals surface area contributed by atoms with Crippen LogP contribution < -0.4 is 5.73 Å². The first-order valence-electron chi connectivity index (χ1n) is 6.48. The molecular formula is C13H25NO2. The van der Waals surface area contributed by atoms with Crippen LogP contribution >= 0.6 is 0 Å². The van der Waals surface area contributed by atoms with E-state index in [1.54, 1.807) is 0 Å². The van der Waals surface area contributed by atoms with Gasteiger partial charge in [0.15, 0.2) is 0 Å². The molecule has 0 aromatic heterocycles. The van der Waals surface area contributed by atoms with Crippen LogP contribution in [0.15, 0.2) is 0 Å². The maximum Gasteiger partial charge on any atom is 0.304 e. The highest BCUT2D eigenvalue weighted by Gasteiger charge is 2.25. The van der Waals surface area contributed by atoms with Gasteiger partial charge >= 0.3 is 5.97 Å². The number of hydrogen-bond acceptors (Lipinski definition) is 2. The van der Waals surface area contributed by atoms with Gasteiger partial charge in [0.2, 0.25) is 0 Å². The van der Waals surface area contributed by atoms with Gasteiger partial charge in [-0.2, -0.15) is 0 Å². The first-order valence-corrected chi connectivity index (χ1v) is 6.48. The topological polar surface area (TPSA) is 63.3 Å². The molecule has 0 bridgehead atoms. The van der Waals surface area contributed by atoms with Crippen molar-refractivity contribution in [1.29, 1.82) is 0 Å². The molecule has 3 nitrogen and oxygen atoms in total. The summed E-state index contributed by atoms with van der Waals surface area (Å²) in [5, 5.41) is 8.70. The molecule has 1 aliphatic rings. The molecule has 0 spiro atoms. The minimum Gasteiger partial charge on any atom is -0.481 e. The number of carboxylic acids is 1. The Kier molecular flexibility index (Phi) is 5.26. The van der Waals surface area contributed by atoms with Gasteiger partial charge in [-0.3, -0.25) is 4.79 Å². The molecule has 0 aromatic carbocycles. The van der Waals surface area contributed by atoms with E-state index in [1.165, 1.54) is 25.7 Å².